The first-order valence-corrected chi connectivity index (χ1v) is 43.7. The molecule has 2 aliphatic rings. The number of unbranched alkanes of at least 4 members (excludes halogenated alkanes) is 28. The van der Waals surface area contributed by atoms with Crippen LogP contribution in [-0.2, 0) is 25.7 Å². The van der Waals surface area contributed by atoms with E-state index in [1.807, 2.05) is 24.8 Å². The van der Waals surface area contributed by atoms with Crippen LogP contribution >= 0.6 is 0 Å². The molecule has 7 aromatic heterocycles. The number of nitrogens with one attached hydrogen (secondary N) is 2. The van der Waals surface area contributed by atoms with Crippen LogP contribution in [0.3, 0.4) is 0 Å². The summed E-state index contributed by atoms with van der Waals surface area (Å²) in [6.45, 7) is 2.71. The average molecular weight is 1550 g/mol. The Kier molecular flexibility index (Phi) is 33.7. The summed E-state index contributed by atoms with van der Waals surface area (Å²) in [4.78, 5) is 53.9. The number of fused-ring (bicyclic) bond motifs is 8. The first-order valence-electron chi connectivity index (χ1n) is 43.7. The van der Waals surface area contributed by atoms with Crippen LogP contribution in [0, 0.1) is 0 Å². The predicted molar refractivity (Wildman–Crippen MR) is 473 cm³/mol. The van der Waals surface area contributed by atoms with Crippen molar-refractivity contribution in [2.75, 3.05) is 26.4 Å². The molecule has 2 aliphatic heterocycles. The highest BCUT2D eigenvalue weighted by Gasteiger charge is 2.21. The molecule has 4 aromatic carbocycles. The molecular formula is C100H118N12O4. The van der Waals surface area contributed by atoms with Crippen molar-refractivity contribution in [2.24, 2.45) is 0 Å². The molecule has 0 fully saturated rings. The topological polar surface area (TPSA) is 197 Å². The molecule has 0 unspecified atom stereocenters. The Bertz CT molecular complexity index is 4290. The Morgan fingerprint density at radius 2 is 0.405 bits per heavy atom. The molecule has 0 radical (unpaired) electrons. The van der Waals surface area contributed by atoms with Crippen molar-refractivity contribution < 1.29 is 18.9 Å². The Labute approximate surface area is 687 Å². The standard InChI is InChI=1S/C100H118N12O4/c1(9-17-25-33-81-73-101-61-65-105-81)5-13-21-29-69-113-85-45-37-77(38-46-85)97-89-53-55-91(109-89)98(78-39-47-86(48-40-78)114-70-30-22-14-6-2-10-18-26-34-82-74-102-62-66-106-82)93-57-59-95(111-93)100(80-43-51-88(52-44-80)116-72-32-24-16-8-4-12-20-28-36-84-76-104-64-68-108-84)96-60-58-94(112-96)99(92-56-54-90(97)110-92)79-41-49-87(50-42-79)115-71-31-23-15-7-3-11-19-27-35-83-75-103-63-67-107-83/h37-68,73-76,109,112H,1-36,69-72H2. The Morgan fingerprint density at radius 1 is 0.207 bits per heavy atom. The van der Waals surface area contributed by atoms with Crippen LogP contribution < -0.4 is 18.9 Å². The van der Waals surface area contributed by atoms with Gasteiger partial charge in [0.25, 0.3) is 0 Å². The van der Waals surface area contributed by atoms with Crippen molar-refractivity contribution in [3.8, 4) is 67.5 Å². The zero-order valence-electron chi connectivity index (χ0n) is 68.2. The number of rotatable bonds is 52. The third kappa shape index (κ3) is 26.5. The summed E-state index contributed by atoms with van der Waals surface area (Å²) in [6.07, 6.45) is 72.5. The van der Waals surface area contributed by atoms with Gasteiger partial charge in [0, 0.05) is 119 Å². The zero-order chi connectivity index (χ0) is 78.9. The Hall–Kier alpha value is -11.0. The maximum Gasteiger partial charge on any atom is 0.119 e. The molecule has 8 bridgehead atoms. The second-order valence-electron chi connectivity index (χ2n) is 31.1. The van der Waals surface area contributed by atoms with Crippen LogP contribution in [0.25, 0.3) is 90.9 Å². The van der Waals surface area contributed by atoms with Crippen LogP contribution in [0.2, 0.25) is 0 Å². The molecule has 13 rings (SSSR count). The summed E-state index contributed by atoms with van der Waals surface area (Å²) in [5.74, 6) is 3.42. The highest BCUT2D eigenvalue weighted by Crippen LogP contribution is 2.40. The number of ether oxygens (including phenoxy) is 4. The molecule has 16 nitrogen and oxygen atoms in total. The fraction of sp³-hybridized carbons (Fsp3) is 0.400. The number of nitrogens with zero attached hydrogens (tertiary/aromatic N) is 10. The largest absolute Gasteiger partial charge is 0.494 e. The normalized spacial score (nSPS) is 11.7. The third-order valence-electron chi connectivity index (χ3n) is 22.2. The minimum absolute atomic E-state index is 0.676. The van der Waals surface area contributed by atoms with E-state index in [-0.39, 0.29) is 0 Å². The maximum absolute atomic E-state index is 6.46. The van der Waals surface area contributed by atoms with Gasteiger partial charge in [0.15, 0.2) is 0 Å². The molecule has 11 aromatic rings. The molecule has 602 valence electrons. The van der Waals surface area contributed by atoms with Crippen molar-refractivity contribution in [3.63, 3.8) is 0 Å². The lowest BCUT2D eigenvalue weighted by Crippen LogP contribution is -1.97. The summed E-state index contributed by atoms with van der Waals surface area (Å²) < 4.78 is 25.8. The molecule has 116 heavy (non-hydrogen) atoms. The van der Waals surface area contributed by atoms with E-state index in [1.54, 1.807) is 49.6 Å². The van der Waals surface area contributed by atoms with Crippen LogP contribution in [-0.4, -0.2) is 86.2 Å². The lowest BCUT2D eigenvalue weighted by atomic mass is 10.0. The zero-order valence-corrected chi connectivity index (χ0v) is 68.2. The fourth-order valence-corrected chi connectivity index (χ4v) is 15.8. The van der Waals surface area contributed by atoms with Gasteiger partial charge >= 0.3 is 0 Å². The van der Waals surface area contributed by atoms with E-state index in [4.69, 9.17) is 28.9 Å². The van der Waals surface area contributed by atoms with E-state index < -0.39 is 0 Å². The summed E-state index contributed by atoms with van der Waals surface area (Å²) in [6, 6.07) is 43.1. The lowest BCUT2D eigenvalue weighted by molar-refractivity contribution is 0.304. The lowest BCUT2D eigenvalue weighted by Gasteiger charge is -2.10. The first kappa shape index (κ1) is 83.0. The summed E-state index contributed by atoms with van der Waals surface area (Å²) in [5.41, 5.74) is 19.4. The number of hydrogen-bond donors (Lipinski definition) is 2. The van der Waals surface area contributed by atoms with Crippen molar-refractivity contribution >= 4 is 46.4 Å². The first-order chi connectivity index (χ1) is 57.6. The highest BCUT2D eigenvalue weighted by molar-refractivity contribution is 6.00. The van der Waals surface area contributed by atoms with E-state index in [0.29, 0.717) is 26.4 Å². The molecule has 0 aliphatic carbocycles. The molecule has 2 N–H and O–H groups in total. The van der Waals surface area contributed by atoms with Crippen LogP contribution in [0.15, 0.2) is 196 Å². The van der Waals surface area contributed by atoms with Gasteiger partial charge in [-0.1, -0.05) is 203 Å². The molecule has 9 heterocycles. The average Bonchev–Trinajstić information content (AvgIpc) is 1.61. The van der Waals surface area contributed by atoms with Gasteiger partial charge in [-0.15, -0.1) is 0 Å². The van der Waals surface area contributed by atoms with Gasteiger partial charge in [0.1, 0.15) is 23.0 Å². The maximum atomic E-state index is 6.46. The molecule has 16 heteroatoms. The van der Waals surface area contributed by atoms with Crippen LogP contribution in [0.4, 0.5) is 0 Å². The molecule has 0 saturated carbocycles. The van der Waals surface area contributed by atoms with Gasteiger partial charge in [0.05, 0.1) is 72.0 Å². The van der Waals surface area contributed by atoms with E-state index >= 15 is 0 Å². The smallest absolute Gasteiger partial charge is 0.119 e. The Morgan fingerprint density at radius 3 is 0.603 bits per heavy atom. The number of hydrogen-bond acceptors (Lipinski definition) is 14. The summed E-state index contributed by atoms with van der Waals surface area (Å²) in [7, 11) is 0. The highest BCUT2D eigenvalue weighted by atomic mass is 16.5. The van der Waals surface area contributed by atoms with E-state index in [0.717, 1.165) is 238 Å². The molecule has 0 atom stereocenters. The third-order valence-corrected chi connectivity index (χ3v) is 22.2. The van der Waals surface area contributed by atoms with Gasteiger partial charge in [-0.3, -0.25) is 39.9 Å². The number of H-pyrrole nitrogens is 2. The van der Waals surface area contributed by atoms with E-state index in [1.165, 1.54) is 128 Å². The molecule has 0 amide bonds. The second-order valence-corrected chi connectivity index (χ2v) is 31.1. The molecular weight excluding hydrogens is 1430 g/mol. The molecule has 0 saturated heterocycles. The van der Waals surface area contributed by atoms with E-state index in [2.05, 4.69) is 195 Å². The number of benzene rings is 4. The Balaban J connectivity index is 0.746. The number of aromatic amines is 2. The fourth-order valence-electron chi connectivity index (χ4n) is 15.8. The van der Waals surface area contributed by atoms with Crippen molar-refractivity contribution in [3.05, 3.63) is 241 Å². The minimum atomic E-state index is 0.676. The monoisotopic (exact) mass is 1550 g/mol. The molecule has 0 spiro atoms. The second kappa shape index (κ2) is 47.1. The number of aryl methyl sites for hydroxylation is 4. The van der Waals surface area contributed by atoms with Crippen LogP contribution in [0.1, 0.15) is 251 Å². The van der Waals surface area contributed by atoms with Crippen molar-refractivity contribution in [2.45, 2.75) is 231 Å². The quantitative estimate of drug-likeness (QED) is 0.0341. The van der Waals surface area contributed by atoms with Gasteiger partial charge < -0.3 is 28.9 Å². The van der Waals surface area contributed by atoms with Gasteiger partial charge in [-0.25, -0.2) is 9.97 Å². The van der Waals surface area contributed by atoms with Gasteiger partial charge in [0.2, 0.25) is 0 Å². The van der Waals surface area contributed by atoms with E-state index in [9.17, 15) is 0 Å². The SMILES string of the molecule is C1=Cc2nc1c(-c1ccc(OCCCCCCCCCCc3cnccn3)cc1)c1ccc([nH]1)c(-c1ccc(OCCCCCCCCCCc3cnccn3)cc1)c1nc(c(-c3ccc(OCCCCCCCCCCc4cnccn4)cc3)c3ccc([nH]3)c2-c2ccc(OCCCCCCCCCCc3cnccn3)cc2)C=C1. The predicted octanol–water partition coefficient (Wildman–Crippen LogP) is 25.5. The van der Waals surface area contributed by atoms with Crippen molar-refractivity contribution in [1.29, 1.82) is 0 Å². The summed E-state index contributed by atoms with van der Waals surface area (Å²) >= 11 is 0. The summed E-state index contributed by atoms with van der Waals surface area (Å²) in [5, 5.41) is 0. The van der Waals surface area contributed by atoms with Crippen LogP contribution in [0.5, 0.6) is 23.0 Å². The number of aromatic nitrogens is 12. The van der Waals surface area contributed by atoms with Gasteiger partial charge in [-0.2, -0.15) is 0 Å². The minimum Gasteiger partial charge on any atom is -0.494 e. The van der Waals surface area contributed by atoms with Gasteiger partial charge in [-0.05, 0) is 196 Å². The van der Waals surface area contributed by atoms with Crippen molar-refractivity contribution in [1.82, 2.24) is 59.8 Å².